The maximum Gasteiger partial charge on any atom is 0.275 e. The smallest absolute Gasteiger partial charge is 0.275 e. The van der Waals surface area contributed by atoms with E-state index in [1.54, 1.807) is 0 Å². The van der Waals surface area contributed by atoms with E-state index in [2.05, 4.69) is 10.2 Å². The van der Waals surface area contributed by atoms with Crippen LogP contribution in [0.3, 0.4) is 0 Å². The number of hydrogen-bond acceptors (Lipinski definition) is 4. The van der Waals surface area contributed by atoms with Crippen LogP contribution in [0.15, 0.2) is 12.1 Å². The topological polar surface area (TPSA) is 58.4 Å². The summed E-state index contributed by atoms with van der Waals surface area (Å²) >= 11 is 0. The fourth-order valence-corrected chi connectivity index (χ4v) is 2.88. The summed E-state index contributed by atoms with van der Waals surface area (Å²) in [6.45, 7) is 2.48. The maximum atomic E-state index is 13.7. The SMILES string of the molecule is O=[N+]([O-])c1cc(F)c(NCC2CCN(C3CC3)C2)c(F)c1. The second-order valence-electron chi connectivity index (χ2n) is 5.80. The van der Waals surface area contributed by atoms with Crippen molar-refractivity contribution in [1.82, 2.24) is 4.90 Å². The molecule has 7 heteroatoms. The molecule has 0 amide bonds. The molecular formula is C14H17F2N3O2. The molecule has 21 heavy (non-hydrogen) atoms. The summed E-state index contributed by atoms with van der Waals surface area (Å²) in [4.78, 5) is 12.2. The van der Waals surface area contributed by atoms with E-state index in [0.717, 1.165) is 31.6 Å². The summed E-state index contributed by atoms with van der Waals surface area (Å²) in [5.41, 5.74) is -0.846. The zero-order valence-electron chi connectivity index (χ0n) is 11.5. The van der Waals surface area contributed by atoms with Crippen molar-refractivity contribution in [2.45, 2.75) is 25.3 Å². The van der Waals surface area contributed by atoms with E-state index >= 15 is 0 Å². The van der Waals surface area contributed by atoms with Gasteiger partial charge in [0.1, 0.15) is 5.69 Å². The number of likely N-dealkylation sites (tertiary alicyclic amines) is 1. The lowest BCUT2D eigenvalue weighted by Gasteiger charge is -2.16. The molecule has 2 fully saturated rings. The number of halogens is 2. The predicted molar refractivity (Wildman–Crippen MR) is 74.2 cm³/mol. The molecule has 1 aliphatic heterocycles. The number of benzene rings is 1. The van der Waals surface area contributed by atoms with Gasteiger partial charge in [-0.1, -0.05) is 0 Å². The Balaban J connectivity index is 1.61. The van der Waals surface area contributed by atoms with Crippen LogP contribution in [-0.2, 0) is 0 Å². The zero-order chi connectivity index (χ0) is 15.0. The molecule has 1 aromatic carbocycles. The molecule has 1 heterocycles. The standard InChI is InChI=1S/C14H17F2N3O2/c15-12-5-11(19(20)21)6-13(16)14(12)17-7-9-3-4-18(8-9)10-1-2-10/h5-6,9-10,17H,1-4,7-8H2. The van der Waals surface area contributed by atoms with E-state index in [-0.39, 0.29) is 5.69 Å². The Bertz CT molecular complexity index is 540. The first-order valence-corrected chi connectivity index (χ1v) is 7.16. The lowest BCUT2D eigenvalue weighted by Crippen LogP contribution is -2.25. The van der Waals surface area contributed by atoms with Crippen LogP contribution in [0.2, 0.25) is 0 Å². The van der Waals surface area contributed by atoms with E-state index in [1.165, 1.54) is 12.8 Å². The Hall–Kier alpha value is -1.76. The van der Waals surface area contributed by atoms with Crippen molar-refractivity contribution in [2.24, 2.45) is 5.92 Å². The summed E-state index contributed by atoms with van der Waals surface area (Å²) in [6, 6.07) is 2.20. The van der Waals surface area contributed by atoms with Crippen molar-refractivity contribution in [3.63, 3.8) is 0 Å². The average Bonchev–Trinajstić information content (AvgIpc) is 3.17. The minimum Gasteiger partial charge on any atom is -0.380 e. The number of nitrogens with zero attached hydrogens (tertiary/aromatic N) is 2. The Kier molecular flexibility index (Phi) is 3.75. The molecule has 2 aliphatic rings. The van der Waals surface area contributed by atoms with Gasteiger partial charge < -0.3 is 10.2 Å². The maximum absolute atomic E-state index is 13.7. The number of nitrogens with one attached hydrogen (secondary N) is 1. The summed E-state index contributed by atoms with van der Waals surface area (Å²) in [6.07, 6.45) is 3.53. The van der Waals surface area contributed by atoms with Crippen LogP contribution in [0.4, 0.5) is 20.2 Å². The van der Waals surface area contributed by atoms with Crippen LogP contribution < -0.4 is 5.32 Å². The van der Waals surface area contributed by atoms with E-state index in [9.17, 15) is 18.9 Å². The molecule has 1 saturated carbocycles. The molecule has 114 valence electrons. The number of non-ortho nitro benzene ring substituents is 1. The first kappa shape index (κ1) is 14.2. The average molecular weight is 297 g/mol. The largest absolute Gasteiger partial charge is 0.380 e. The highest BCUT2D eigenvalue weighted by Crippen LogP contribution is 2.32. The van der Waals surface area contributed by atoms with Gasteiger partial charge >= 0.3 is 0 Å². The zero-order valence-corrected chi connectivity index (χ0v) is 11.5. The van der Waals surface area contributed by atoms with Crippen molar-refractivity contribution < 1.29 is 13.7 Å². The third kappa shape index (κ3) is 3.12. The van der Waals surface area contributed by atoms with Gasteiger partial charge in [0.15, 0.2) is 11.6 Å². The van der Waals surface area contributed by atoms with Gasteiger partial charge in [-0.15, -0.1) is 0 Å². The van der Waals surface area contributed by atoms with Crippen LogP contribution in [0.1, 0.15) is 19.3 Å². The van der Waals surface area contributed by atoms with Crippen LogP contribution in [-0.4, -0.2) is 35.5 Å². The summed E-state index contributed by atoms with van der Waals surface area (Å²) < 4.78 is 27.5. The third-order valence-electron chi connectivity index (χ3n) is 4.19. The molecule has 0 aromatic heterocycles. The van der Waals surface area contributed by atoms with Crippen molar-refractivity contribution in [3.05, 3.63) is 33.9 Å². The first-order chi connectivity index (χ1) is 10.0. The Labute approximate surface area is 121 Å². The molecule has 1 atom stereocenters. The van der Waals surface area contributed by atoms with Gasteiger partial charge in [-0.3, -0.25) is 10.1 Å². The van der Waals surface area contributed by atoms with Crippen LogP contribution in [0.5, 0.6) is 0 Å². The van der Waals surface area contributed by atoms with Crippen molar-refractivity contribution in [2.75, 3.05) is 25.0 Å². The van der Waals surface area contributed by atoms with Crippen molar-refractivity contribution in [1.29, 1.82) is 0 Å². The van der Waals surface area contributed by atoms with E-state index < -0.39 is 22.2 Å². The molecule has 1 saturated heterocycles. The van der Waals surface area contributed by atoms with Crippen molar-refractivity contribution >= 4 is 11.4 Å². The van der Waals surface area contributed by atoms with Gasteiger partial charge in [0.2, 0.25) is 0 Å². The van der Waals surface area contributed by atoms with Gasteiger partial charge in [0.05, 0.1) is 17.1 Å². The Morgan fingerprint density at radius 1 is 1.29 bits per heavy atom. The summed E-state index contributed by atoms with van der Waals surface area (Å²) in [5, 5.41) is 13.3. The van der Waals surface area contributed by atoms with Crippen LogP contribution >= 0.6 is 0 Å². The molecule has 1 unspecified atom stereocenters. The summed E-state index contributed by atoms with van der Waals surface area (Å²) in [5.74, 6) is -1.47. The number of nitro groups is 1. The number of nitro benzene ring substituents is 1. The minimum atomic E-state index is -0.918. The van der Waals surface area contributed by atoms with Gasteiger partial charge in [0, 0.05) is 19.1 Å². The Morgan fingerprint density at radius 2 is 1.95 bits per heavy atom. The molecule has 3 rings (SSSR count). The molecule has 1 aromatic rings. The van der Waals surface area contributed by atoms with Gasteiger partial charge in [0.25, 0.3) is 5.69 Å². The highest BCUT2D eigenvalue weighted by atomic mass is 19.1. The van der Waals surface area contributed by atoms with E-state index in [1.807, 2.05) is 0 Å². The van der Waals surface area contributed by atoms with Crippen LogP contribution in [0.25, 0.3) is 0 Å². The summed E-state index contributed by atoms with van der Waals surface area (Å²) in [7, 11) is 0. The Morgan fingerprint density at radius 3 is 2.52 bits per heavy atom. The van der Waals surface area contributed by atoms with Crippen LogP contribution in [0, 0.1) is 27.7 Å². The number of anilines is 1. The fraction of sp³-hybridized carbons (Fsp3) is 0.571. The highest BCUT2D eigenvalue weighted by Gasteiger charge is 2.34. The lowest BCUT2D eigenvalue weighted by atomic mass is 10.1. The molecular weight excluding hydrogens is 280 g/mol. The molecule has 0 radical (unpaired) electrons. The second-order valence-corrected chi connectivity index (χ2v) is 5.80. The second kappa shape index (κ2) is 5.55. The van der Waals surface area contributed by atoms with E-state index in [4.69, 9.17) is 0 Å². The van der Waals surface area contributed by atoms with E-state index in [0.29, 0.717) is 18.5 Å². The molecule has 0 spiro atoms. The molecule has 5 nitrogen and oxygen atoms in total. The molecule has 1 N–H and O–H groups in total. The minimum absolute atomic E-state index is 0.273. The number of rotatable bonds is 5. The third-order valence-corrected chi connectivity index (χ3v) is 4.19. The fourth-order valence-electron chi connectivity index (χ4n) is 2.88. The number of hydrogen-bond donors (Lipinski definition) is 1. The first-order valence-electron chi connectivity index (χ1n) is 7.16. The lowest BCUT2D eigenvalue weighted by molar-refractivity contribution is -0.385. The van der Waals surface area contributed by atoms with Crippen molar-refractivity contribution in [3.8, 4) is 0 Å². The quantitative estimate of drug-likeness (QED) is 0.670. The normalized spacial score (nSPS) is 22.5. The van der Waals surface area contributed by atoms with Gasteiger partial charge in [-0.2, -0.15) is 0 Å². The molecule has 1 aliphatic carbocycles. The van der Waals surface area contributed by atoms with Gasteiger partial charge in [-0.25, -0.2) is 8.78 Å². The monoisotopic (exact) mass is 297 g/mol. The molecule has 0 bridgehead atoms. The van der Waals surface area contributed by atoms with Gasteiger partial charge in [-0.05, 0) is 31.7 Å². The predicted octanol–water partition coefficient (Wildman–Crippen LogP) is 2.77. The highest BCUT2D eigenvalue weighted by molar-refractivity contribution is 5.51.